The van der Waals surface area contributed by atoms with Gasteiger partial charge in [0.15, 0.2) is 0 Å². The molecule has 2 aromatic rings. The molecular formula is C19H14O9. The van der Waals surface area contributed by atoms with Gasteiger partial charge in [-0.25, -0.2) is 19.2 Å². The molecule has 0 spiro atoms. The highest BCUT2D eigenvalue weighted by Crippen LogP contribution is 2.49. The Morgan fingerprint density at radius 2 is 0.929 bits per heavy atom. The maximum Gasteiger partial charge on any atom is 0.336 e. The van der Waals surface area contributed by atoms with E-state index in [9.17, 15) is 39.6 Å². The van der Waals surface area contributed by atoms with Crippen LogP contribution in [0.15, 0.2) is 24.3 Å². The highest BCUT2D eigenvalue weighted by molar-refractivity contribution is 6.03. The first kappa shape index (κ1) is 18.9. The van der Waals surface area contributed by atoms with Crippen molar-refractivity contribution >= 4 is 23.9 Å². The fourth-order valence-electron chi connectivity index (χ4n) is 3.28. The summed E-state index contributed by atoms with van der Waals surface area (Å²) in [6, 6.07) is 4.49. The Kier molecular flexibility index (Phi) is 4.11. The summed E-state index contributed by atoms with van der Waals surface area (Å²) in [5, 5.41) is 37.3. The molecule has 9 nitrogen and oxygen atoms in total. The van der Waals surface area contributed by atoms with E-state index in [1.165, 1.54) is 12.1 Å². The molecule has 0 atom stereocenters. The molecule has 0 saturated heterocycles. The predicted octanol–water partition coefficient (Wildman–Crippen LogP) is 2.91. The third-order valence-corrected chi connectivity index (χ3v) is 4.73. The Morgan fingerprint density at radius 1 is 0.643 bits per heavy atom. The van der Waals surface area contributed by atoms with Crippen molar-refractivity contribution in [3.8, 4) is 11.5 Å². The molecular weight excluding hydrogens is 372 g/mol. The predicted molar refractivity (Wildman–Crippen MR) is 92.9 cm³/mol. The van der Waals surface area contributed by atoms with E-state index in [1.54, 1.807) is 13.8 Å². The minimum absolute atomic E-state index is 0.0549. The van der Waals surface area contributed by atoms with Crippen LogP contribution >= 0.6 is 0 Å². The van der Waals surface area contributed by atoms with E-state index in [0.717, 1.165) is 12.1 Å². The van der Waals surface area contributed by atoms with Crippen LogP contribution in [0, 0.1) is 0 Å². The first-order valence-corrected chi connectivity index (χ1v) is 7.93. The van der Waals surface area contributed by atoms with Gasteiger partial charge in [-0.05, 0) is 24.3 Å². The number of carbonyl (C=O) groups is 4. The van der Waals surface area contributed by atoms with Gasteiger partial charge in [-0.2, -0.15) is 0 Å². The summed E-state index contributed by atoms with van der Waals surface area (Å²) in [6.07, 6.45) is 0. The van der Waals surface area contributed by atoms with Crippen molar-refractivity contribution in [1.82, 2.24) is 0 Å². The lowest BCUT2D eigenvalue weighted by Crippen LogP contribution is -2.27. The lowest BCUT2D eigenvalue weighted by atomic mass is 9.74. The molecule has 0 unspecified atom stereocenters. The summed E-state index contributed by atoms with van der Waals surface area (Å²) < 4.78 is 5.65. The summed E-state index contributed by atoms with van der Waals surface area (Å²) in [5.74, 6) is -5.68. The first-order chi connectivity index (χ1) is 12.9. The Bertz CT molecular complexity index is 996. The average molecular weight is 386 g/mol. The SMILES string of the molecule is CC1(C)c2cc(C(=O)O)c(C(=O)O)cc2Oc2cc(C(=O)O)c(C(=O)O)cc21. The van der Waals surface area contributed by atoms with Crippen molar-refractivity contribution in [3.05, 3.63) is 57.6 Å². The molecule has 3 rings (SSSR count). The Balaban J connectivity index is 2.32. The van der Waals surface area contributed by atoms with Crippen LogP contribution in [0.1, 0.15) is 66.4 Å². The van der Waals surface area contributed by atoms with Gasteiger partial charge in [0.05, 0.1) is 22.3 Å². The van der Waals surface area contributed by atoms with Crippen LogP contribution in [0.4, 0.5) is 0 Å². The van der Waals surface area contributed by atoms with Gasteiger partial charge in [0, 0.05) is 16.5 Å². The molecule has 1 aliphatic heterocycles. The Morgan fingerprint density at radius 3 is 1.21 bits per heavy atom. The zero-order chi connectivity index (χ0) is 21.0. The number of ether oxygens (including phenoxy) is 1. The van der Waals surface area contributed by atoms with Crippen LogP contribution in [0.5, 0.6) is 11.5 Å². The van der Waals surface area contributed by atoms with Gasteiger partial charge in [0.2, 0.25) is 0 Å². The van der Waals surface area contributed by atoms with Crippen LogP contribution in [-0.2, 0) is 5.41 Å². The molecule has 0 radical (unpaired) electrons. The molecule has 0 bridgehead atoms. The van der Waals surface area contributed by atoms with Gasteiger partial charge in [0.25, 0.3) is 0 Å². The molecule has 0 aromatic heterocycles. The second-order valence-corrected chi connectivity index (χ2v) is 6.74. The van der Waals surface area contributed by atoms with Gasteiger partial charge in [-0.15, -0.1) is 0 Å². The second-order valence-electron chi connectivity index (χ2n) is 6.74. The van der Waals surface area contributed by atoms with E-state index in [2.05, 4.69) is 0 Å². The topological polar surface area (TPSA) is 158 Å². The van der Waals surface area contributed by atoms with Gasteiger partial charge < -0.3 is 25.2 Å². The summed E-state index contributed by atoms with van der Waals surface area (Å²) in [6.45, 7) is 3.34. The minimum atomic E-state index is -1.46. The third kappa shape index (κ3) is 2.73. The molecule has 9 heteroatoms. The van der Waals surface area contributed by atoms with Crippen LogP contribution in [0.3, 0.4) is 0 Å². The largest absolute Gasteiger partial charge is 0.478 e. The van der Waals surface area contributed by atoms with Gasteiger partial charge in [-0.1, -0.05) is 13.8 Å². The number of aromatic carboxylic acids is 4. The fraction of sp³-hybridized carbons (Fsp3) is 0.158. The van der Waals surface area contributed by atoms with Crippen LogP contribution in [0.2, 0.25) is 0 Å². The average Bonchev–Trinajstić information content (AvgIpc) is 2.59. The summed E-state index contributed by atoms with van der Waals surface area (Å²) >= 11 is 0. The standard InChI is InChI=1S/C19H14O9/c1-19(2)11-3-7(15(20)21)9(17(24)25)5-13(11)28-14-6-10(18(26)27)8(16(22)23)4-12(14)19/h3-6H,1-2H3,(H,20,21)(H,22,23)(H,24,25)(H,26,27). The maximum absolute atomic E-state index is 11.5. The summed E-state index contributed by atoms with van der Waals surface area (Å²) in [4.78, 5) is 45.8. The highest BCUT2D eigenvalue weighted by Gasteiger charge is 2.38. The number of carboxylic acids is 4. The van der Waals surface area contributed by atoms with Crippen molar-refractivity contribution in [2.75, 3.05) is 0 Å². The molecule has 0 aliphatic carbocycles. The van der Waals surface area contributed by atoms with Gasteiger partial charge in [0.1, 0.15) is 11.5 Å². The highest BCUT2D eigenvalue weighted by atomic mass is 16.5. The van der Waals surface area contributed by atoms with E-state index in [0.29, 0.717) is 11.1 Å². The number of hydrogen-bond acceptors (Lipinski definition) is 5. The maximum atomic E-state index is 11.5. The molecule has 4 N–H and O–H groups in total. The van der Waals surface area contributed by atoms with Crippen molar-refractivity contribution < 1.29 is 44.3 Å². The Hall–Kier alpha value is -3.88. The van der Waals surface area contributed by atoms with E-state index in [4.69, 9.17) is 4.74 Å². The van der Waals surface area contributed by atoms with Crippen LogP contribution in [-0.4, -0.2) is 44.3 Å². The molecule has 0 fully saturated rings. The third-order valence-electron chi connectivity index (χ3n) is 4.73. The lowest BCUT2D eigenvalue weighted by Gasteiger charge is -2.35. The van der Waals surface area contributed by atoms with E-state index in [1.807, 2.05) is 0 Å². The molecule has 1 heterocycles. The molecule has 0 amide bonds. The van der Waals surface area contributed by atoms with Crippen molar-refractivity contribution in [2.45, 2.75) is 19.3 Å². The monoisotopic (exact) mass is 386 g/mol. The van der Waals surface area contributed by atoms with Crippen molar-refractivity contribution in [3.63, 3.8) is 0 Å². The van der Waals surface area contributed by atoms with Crippen LogP contribution in [0.25, 0.3) is 0 Å². The lowest BCUT2D eigenvalue weighted by molar-refractivity contribution is 0.0650. The Labute approximate surface area is 157 Å². The normalized spacial score (nSPS) is 13.6. The molecule has 0 saturated carbocycles. The van der Waals surface area contributed by atoms with E-state index in [-0.39, 0.29) is 11.5 Å². The van der Waals surface area contributed by atoms with E-state index < -0.39 is 51.5 Å². The summed E-state index contributed by atoms with van der Waals surface area (Å²) in [5.41, 5.74) is -2.15. The van der Waals surface area contributed by atoms with Crippen LogP contribution < -0.4 is 4.74 Å². The van der Waals surface area contributed by atoms with Crippen molar-refractivity contribution in [1.29, 1.82) is 0 Å². The minimum Gasteiger partial charge on any atom is -0.478 e. The smallest absolute Gasteiger partial charge is 0.336 e. The molecule has 28 heavy (non-hydrogen) atoms. The molecule has 2 aromatic carbocycles. The molecule has 144 valence electrons. The fourth-order valence-corrected chi connectivity index (χ4v) is 3.28. The zero-order valence-corrected chi connectivity index (χ0v) is 14.6. The quantitative estimate of drug-likeness (QED) is 0.619. The zero-order valence-electron chi connectivity index (χ0n) is 14.6. The van der Waals surface area contributed by atoms with Gasteiger partial charge in [-0.3, -0.25) is 0 Å². The molecule has 1 aliphatic rings. The number of rotatable bonds is 4. The number of hydrogen-bond donors (Lipinski definition) is 4. The number of benzene rings is 2. The van der Waals surface area contributed by atoms with Gasteiger partial charge >= 0.3 is 23.9 Å². The first-order valence-electron chi connectivity index (χ1n) is 7.93. The van der Waals surface area contributed by atoms with Crippen molar-refractivity contribution in [2.24, 2.45) is 0 Å². The number of fused-ring (bicyclic) bond motifs is 2. The van der Waals surface area contributed by atoms with E-state index >= 15 is 0 Å². The summed E-state index contributed by atoms with van der Waals surface area (Å²) in [7, 11) is 0. The second kappa shape index (κ2) is 6.08. The number of carboxylic acid groups (broad SMARTS) is 4.